The number of nitrogens with zero attached hydrogens (tertiary/aromatic N) is 3. The zero-order valence-corrected chi connectivity index (χ0v) is 10.8. The number of rotatable bonds is 4. The number of Topliss-reactive ketones (excluding diaryl/α,β-unsaturated/α-hetero) is 1. The van der Waals surface area contributed by atoms with Crippen molar-refractivity contribution in [1.29, 1.82) is 10.5 Å². The van der Waals surface area contributed by atoms with Crippen molar-refractivity contribution >= 4 is 11.5 Å². The Morgan fingerprint density at radius 2 is 2.11 bits per heavy atom. The first kappa shape index (κ1) is 13.7. The number of carbonyl (C=O) groups excluding carboxylic acids is 1. The molecular formula is C14H15N3O. The van der Waals surface area contributed by atoms with Crippen molar-refractivity contribution in [2.75, 3.05) is 11.9 Å². The van der Waals surface area contributed by atoms with Crippen molar-refractivity contribution in [3.05, 3.63) is 29.3 Å². The Morgan fingerprint density at radius 1 is 1.44 bits per heavy atom. The fraction of sp³-hybridized carbons (Fsp3) is 0.357. The molecule has 0 radical (unpaired) electrons. The van der Waals surface area contributed by atoms with Gasteiger partial charge in [0.1, 0.15) is 0 Å². The summed E-state index contributed by atoms with van der Waals surface area (Å²) in [6.07, 6.45) is 0.366. The molecule has 0 amide bonds. The van der Waals surface area contributed by atoms with Gasteiger partial charge < -0.3 is 4.90 Å². The van der Waals surface area contributed by atoms with Gasteiger partial charge in [-0.25, -0.2) is 0 Å². The van der Waals surface area contributed by atoms with Gasteiger partial charge in [0.2, 0.25) is 0 Å². The van der Waals surface area contributed by atoms with E-state index in [9.17, 15) is 4.79 Å². The number of hydrogen-bond acceptors (Lipinski definition) is 4. The van der Waals surface area contributed by atoms with Gasteiger partial charge >= 0.3 is 0 Å². The summed E-state index contributed by atoms with van der Waals surface area (Å²) in [5.74, 6) is -0.0505. The molecule has 4 nitrogen and oxygen atoms in total. The topological polar surface area (TPSA) is 67.9 Å². The van der Waals surface area contributed by atoms with Crippen molar-refractivity contribution in [3.8, 4) is 12.1 Å². The third-order valence-electron chi connectivity index (χ3n) is 2.93. The molecule has 0 saturated carbocycles. The van der Waals surface area contributed by atoms with E-state index >= 15 is 0 Å². The Morgan fingerprint density at radius 3 is 2.61 bits per heavy atom. The predicted molar refractivity (Wildman–Crippen MR) is 69.3 cm³/mol. The maximum absolute atomic E-state index is 11.6. The van der Waals surface area contributed by atoms with Crippen LogP contribution in [0.2, 0.25) is 0 Å². The second-order valence-electron chi connectivity index (χ2n) is 4.22. The van der Waals surface area contributed by atoms with Crippen molar-refractivity contribution in [2.45, 2.75) is 26.3 Å². The number of benzene rings is 1. The molecule has 0 bridgehead atoms. The number of ketones is 1. The molecule has 0 fully saturated rings. The Hall–Kier alpha value is -2.33. The summed E-state index contributed by atoms with van der Waals surface area (Å²) in [4.78, 5) is 13.4. The van der Waals surface area contributed by atoms with Gasteiger partial charge in [0.05, 0.1) is 24.1 Å². The monoisotopic (exact) mass is 241 g/mol. The number of carbonyl (C=O) groups is 1. The van der Waals surface area contributed by atoms with E-state index in [1.165, 1.54) is 6.92 Å². The fourth-order valence-corrected chi connectivity index (χ4v) is 1.70. The minimum Gasteiger partial charge on any atom is -0.370 e. The first-order valence-electron chi connectivity index (χ1n) is 5.66. The van der Waals surface area contributed by atoms with Crippen LogP contribution in [0.1, 0.15) is 36.2 Å². The summed E-state index contributed by atoms with van der Waals surface area (Å²) in [5.41, 5.74) is 1.77. The second-order valence-corrected chi connectivity index (χ2v) is 4.22. The summed E-state index contributed by atoms with van der Waals surface area (Å²) in [5, 5.41) is 17.6. The lowest BCUT2D eigenvalue weighted by Gasteiger charge is -2.27. The molecule has 4 heteroatoms. The Balaban J connectivity index is 3.24. The molecular weight excluding hydrogens is 226 g/mol. The summed E-state index contributed by atoms with van der Waals surface area (Å²) >= 11 is 0. The molecule has 18 heavy (non-hydrogen) atoms. The zero-order chi connectivity index (χ0) is 13.7. The van der Waals surface area contributed by atoms with E-state index in [1.807, 2.05) is 18.9 Å². The molecule has 0 aromatic heterocycles. The van der Waals surface area contributed by atoms with Crippen LogP contribution in [-0.2, 0) is 0 Å². The molecule has 0 spiro atoms. The maximum Gasteiger partial charge on any atom is 0.161 e. The minimum absolute atomic E-state index is 0.0120. The molecule has 0 aliphatic carbocycles. The van der Waals surface area contributed by atoms with Crippen LogP contribution in [-0.4, -0.2) is 18.9 Å². The predicted octanol–water partition coefficient (Wildman–Crippen LogP) is 2.50. The largest absolute Gasteiger partial charge is 0.370 e. The summed E-state index contributed by atoms with van der Waals surface area (Å²) in [6.45, 7) is 3.40. The highest BCUT2D eigenvalue weighted by Gasteiger charge is 2.16. The van der Waals surface area contributed by atoms with E-state index < -0.39 is 0 Å². The van der Waals surface area contributed by atoms with E-state index in [1.54, 1.807) is 18.2 Å². The van der Waals surface area contributed by atoms with Crippen LogP contribution in [0.5, 0.6) is 0 Å². The van der Waals surface area contributed by atoms with Crippen molar-refractivity contribution in [1.82, 2.24) is 0 Å². The molecule has 1 aromatic carbocycles. The zero-order valence-electron chi connectivity index (χ0n) is 10.8. The van der Waals surface area contributed by atoms with Gasteiger partial charge in [-0.3, -0.25) is 4.79 Å². The van der Waals surface area contributed by atoms with Gasteiger partial charge in [-0.15, -0.1) is 0 Å². The van der Waals surface area contributed by atoms with Crippen LogP contribution >= 0.6 is 0 Å². The Kier molecular flexibility index (Phi) is 4.45. The molecule has 92 valence electrons. The molecule has 1 rings (SSSR count). The lowest BCUT2D eigenvalue weighted by Crippen LogP contribution is -2.29. The Bertz CT molecular complexity index is 537. The van der Waals surface area contributed by atoms with Gasteiger partial charge in [0.25, 0.3) is 0 Å². The summed E-state index contributed by atoms with van der Waals surface area (Å²) < 4.78 is 0. The van der Waals surface area contributed by atoms with Crippen molar-refractivity contribution in [3.63, 3.8) is 0 Å². The molecule has 1 unspecified atom stereocenters. The van der Waals surface area contributed by atoms with Crippen LogP contribution in [0.3, 0.4) is 0 Å². The SMILES string of the molecule is CC(=O)c1ccc(C#N)cc1N(C)C(C)CC#N. The van der Waals surface area contributed by atoms with Gasteiger partial charge in [-0.1, -0.05) is 0 Å². The van der Waals surface area contributed by atoms with Gasteiger partial charge in [0, 0.05) is 24.3 Å². The average Bonchev–Trinajstić information content (AvgIpc) is 2.37. The highest BCUT2D eigenvalue weighted by atomic mass is 16.1. The lowest BCUT2D eigenvalue weighted by molar-refractivity contribution is 0.101. The standard InChI is InChI=1S/C14H15N3O/c1-10(6-7-15)17(3)14-8-12(9-16)4-5-13(14)11(2)18/h4-5,8,10H,6H2,1-3H3. The van der Waals surface area contributed by atoms with E-state index in [4.69, 9.17) is 10.5 Å². The van der Waals surface area contributed by atoms with Crippen molar-refractivity contribution < 1.29 is 4.79 Å². The molecule has 0 heterocycles. The fourth-order valence-electron chi connectivity index (χ4n) is 1.70. The molecule has 0 saturated heterocycles. The van der Waals surface area contributed by atoms with Crippen LogP contribution in [0.25, 0.3) is 0 Å². The third kappa shape index (κ3) is 2.87. The van der Waals surface area contributed by atoms with Gasteiger partial charge in [-0.05, 0) is 32.0 Å². The molecule has 1 aromatic rings. The van der Waals surface area contributed by atoms with Crippen LogP contribution < -0.4 is 4.90 Å². The normalized spacial score (nSPS) is 11.2. The quantitative estimate of drug-likeness (QED) is 0.759. The van der Waals surface area contributed by atoms with Crippen LogP contribution in [0, 0.1) is 22.7 Å². The van der Waals surface area contributed by atoms with Crippen LogP contribution in [0.15, 0.2) is 18.2 Å². The first-order valence-corrected chi connectivity index (χ1v) is 5.66. The molecule has 0 aliphatic heterocycles. The summed E-state index contributed by atoms with van der Waals surface area (Å²) in [7, 11) is 1.82. The highest BCUT2D eigenvalue weighted by molar-refractivity contribution is 6.00. The van der Waals surface area contributed by atoms with Crippen LogP contribution in [0.4, 0.5) is 5.69 Å². The van der Waals surface area contributed by atoms with E-state index in [0.29, 0.717) is 23.2 Å². The van der Waals surface area contributed by atoms with Crippen molar-refractivity contribution in [2.24, 2.45) is 0 Å². The number of nitriles is 2. The maximum atomic E-state index is 11.6. The minimum atomic E-state index is -0.0505. The molecule has 1 atom stereocenters. The van der Waals surface area contributed by atoms with Gasteiger partial charge in [0.15, 0.2) is 5.78 Å². The highest BCUT2D eigenvalue weighted by Crippen LogP contribution is 2.24. The lowest BCUT2D eigenvalue weighted by atomic mass is 10.0. The average molecular weight is 241 g/mol. The smallest absolute Gasteiger partial charge is 0.161 e. The van der Waals surface area contributed by atoms with E-state index in [-0.39, 0.29) is 11.8 Å². The first-order chi connectivity index (χ1) is 8.51. The van der Waals surface area contributed by atoms with Gasteiger partial charge in [-0.2, -0.15) is 10.5 Å². The van der Waals surface area contributed by atoms with E-state index in [2.05, 4.69) is 12.1 Å². The second kappa shape index (κ2) is 5.84. The molecule has 0 N–H and O–H groups in total. The number of hydrogen-bond donors (Lipinski definition) is 0. The summed E-state index contributed by atoms with van der Waals surface area (Å²) in [6, 6.07) is 9.12. The third-order valence-corrected chi connectivity index (χ3v) is 2.93. The molecule has 0 aliphatic rings. The Labute approximate surface area is 107 Å². The van der Waals surface area contributed by atoms with E-state index in [0.717, 1.165) is 0 Å². The number of anilines is 1.